The van der Waals surface area contributed by atoms with Crippen LogP contribution in [-0.2, 0) is 0 Å². The number of hydrogen-bond donors (Lipinski definition) is 1. The summed E-state index contributed by atoms with van der Waals surface area (Å²) in [7, 11) is 5.83. The van der Waals surface area contributed by atoms with Crippen LogP contribution in [0.1, 0.15) is 0 Å². The van der Waals surface area contributed by atoms with Gasteiger partial charge in [0.05, 0.1) is 34.0 Å². The number of phenols is 1. The minimum Gasteiger partial charge on any atom is -0.504 e. The fourth-order valence-corrected chi connectivity index (χ4v) is 2.76. The summed E-state index contributed by atoms with van der Waals surface area (Å²) in [5, 5.41) is 10.3. The Morgan fingerprint density at radius 1 is 0.885 bits per heavy atom. The van der Waals surface area contributed by atoms with E-state index in [9.17, 15) is 9.90 Å². The summed E-state index contributed by atoms with van der Waals surface area (Å²) >= 11 is 0. The average Bonchev–Trinajstić information content (AvgIpc) is 2.66. The van der Waals surface area contributed by atoms with E-state index in [0.29, 0.717) is 17.1 Å². The first-order valence-electron chi connectivity index (χ1n) is 7.68. The highest BCUT2D eigenvalue weighted by Gasteiger charge is 2.21. The lowest BCUT2D eigenvalue weighted by molar-refractivity contribution is 0.364. The lowest BCUT2D eigenvalue weighted by atomic mass is 10.1. The molecular weight excluding hydrogens is 340 g/mol. The zero-order valence-electron chi connectivity index (χ0n) is 14.8. The molecule has 0 spiro atoms. The normalized spacial score (nSPS) is 10.6. The molecule has 3 rings (SSSR count). The molecule has 0 atom stereocenters. The van der Waals surface area contributed by atoms with Crippen LogP contribution in [0.3, 0.4) is 0 Å². The fourth-order valence-electron chi connectivity index (χ4n) is 2.76. The van der Waals surface area contributed by atoms with E-state index in [4.69, 9.17) is 23.4 Å². The van der Waals surface area contributed by atoms with E-state index < -0.39 is 0 Å². The average molecular weight is 358 g/mol. The van der Waals surface area contributed by atoms with E-state index in [1.807, 2.05) is 0 Å². The molecule has 26 heavy (non-hydrogen) atoms. The molecule has 136 valence electrons. The molecule has 0 amide bonds. The molecule has 1 N–H and O–H groups in total. The molecule has 2 aromatic carbocycles. The maximum Gasteiger partial charge on any atom is 0.204 e. The van der Waals surface area contributed by atoms with E-state index >= 15 is 0 Å². The van der Waals surface area contributed by atoms with Gasteiger partial charge in [0.1, 0.15) is 28.4 Å². The second-order valence-corrected chi connectivity index (χ2v) is 5.38. The van der Waals surface area contributed by atoms with Gasteiger partial charge in [-0.05, 0) is 12.1 Å². The molecule has 3 aromatic rings. The second-order valence-electron chi connectivity index (χ2n) is 5.38. The molecule has 0 aliphatic heterocycles. The third-order valence-corrected chi connectivity index (χ3v) is 4.00. The minimum atomic E-state index is -0.339. The van der Waals surface area contributed by atoms with Gasteiger partial charge in [-0.3, -0.25) is 4.79 Å². The van der Waals surface area contributed by atoms with Crippen LogP contribution in [0.15, 0.2) is 39.5 Å². The minimum absolute atomic E-state index is 0.0484. The molecule has 0 saturated carbocycles. The van der Waals surface area contributed by atoms with Gasteiger partial charge >= 0.3 is 0 Å². The highest BCUT2D eigenvalue weighted by Crippen LogP contribution is 2.42. The van der Waals surface area contributed by atoms with Crippen molar-refractivity contribution >= 4 is 11.0 Å². The zero-order chi connectivity index (χ0) is 18.8. The number of phenolic OH excluding ortho intramolecular Hbond substituents is 1. The van der Waals surface area contributed by atoms with E-state index in [1.54, 1.807) is 25.3 Å². The Balaban J connectivity index is 2.35. The first-order chi connectivity index (χ1) is 12.5. The molecule has 0 aliphatic carbocycles. The van der Waals surface area contributed by atoms with Crippen molar-refractivity contribution in [2.75, 3.05) is 28.4 Å². The van der Waals surface area contributed by atoms with Gasteiger partial charge in [0.2, 0.25) is 5.75 Å². The molecule has 0 bridgehead atoms. The van der Waals surface area contributed by atoms with Crippen molar-refractivity contribution < 1.29 is 28.5 Å². The van der Waals surface area contributed by atoms with Crippen molar-refractivity contribution in [3.63, 3.8) is 0 Å². The monoisotopic (exact) mass is 358 g/mol. The topological polar surface area (TPSA) is 87.4 Å². The quantitative estimate of drug-likeness (QED) is 0.749. The van der Waals surface area contributed by atoms with Crippen LogP contribution >= 0.6 is 0 Å². The molecule has 0 unspecified atom stereocenters. The van der Waals surface area contributed by atoms with Crippen LogP contribution in [0.2, 0.25) is 0 Å². The van der Waals surface area contributed by atoms with Gasteiger partial charge in [-0.1, -0.05) is 0 Å². The Kier molecular flexibility index (Phi) is 4.62. The van der Waals surface area contributed by atoms with Gasteiger partial charge in [0.25, 0.3) is 0 Å². The Morgan fingerprint density at radius 3 is 2.23 bits per heavy atom. The van der Waals surface area contributed by atoms with E-state index in [2.05, 4.69) is 0 Å². The van der Waals surface area contributed by atoms with Crippen LogP contribution in [0.5, 0.6) is 28.7 Å². The Labute approximate surface area is 149 Å². The van der Waals surface area contributed by atoms with Gasteiger partial charge in [-0.25, -0.2) is 0 Å². The second kappa shape index (κ2) is 6.87. The van der Waals surface area contributed by atoms with Crippen LogP contribution in [0, 0.1) is 0 Å². The standard InChI is InChI=1S/C19H18O7/c1-22-10-5-6-11(14(7-10)23-2)15-8-12(20)17-16(24-3)9-13(21)18(25-4)19(17)26-15/h5-9,21H,1-4H3. The van der Waals surface area contributed by atoms with E-state index in [1.165, 1.54) is 33.5 Å². The summed E-state index contributed by atoms with van der Waals surface area (Å²) in [6.07, 6.45) is 0. The third kappa shape index (κ3) is 2.77. The molecule has 0 saturated heterocycles. The van der Waals surface area contributed by atoms with Crippen molar-refractivity contribution in [3.05, 3.63) is 40.6 Å². The molecule has 7 heteroatoms. The lowest BCUT2D eigenvalue weighted by Crippen LogP contribution is -2.04. The van der Waals surface area contributed by atoms with Gasteiger partial charge in [0.15, 0.2) is 16.8 Å². The Morgan fingerprint density at radius 2 is 1.62 bits per heavy atom. The number of ether oxygens (including phenoxy) is 4. The number of fused-ring (bicyclic) bond motifs is 1. The van der Waals surface area contributed by atoms with Crippen LogP contribution in [0.4, 0.5) is 0 Å². The molecule has 0 aliphatic rings. The summed E-state index contributed by atoms with van der Waals surface area (Å²) < 4.78 is 26.9. The number of aromatic hydroxyl groups is 1. The van der Waals surface area contributed by atoms with Crippen molar-refractivity contribution in [2.45, 2.75) is 0 Å². The number of hydrogen-bond acceptors (Lipinski definition) is 7. The highest BCUT2D eigenvalue weighted by molar-refractivity contribution is 5.92. The van der Waals surface area contributed by atoms with Gasteiger partial charge in [0, 0.05) is 18.2 Å². The fraction of sp³-hybridized carbons (Fsp3) is 0.211. The van der Waals surface area contributed by atoms with Crippen molar-refractivity contribution in [1.82, 2.24) is 0 Å². The summed E-state index contributed by atoms with van der Waals surface area (Å²) in [5.41, 5.74) is 0.302. The van der Waals surface area contributed by atoms with Crippen molar-refractivity contribution in [2.24, 2.45) is 0 Å². The highest BCUT2D eigenvalue weighted by atomic mass is 16.5. The summed E-state index contributed by atoms with van der Waals surface area (Å²) in [5.74, 6) is 1.38. The lowest BCUT2D eigenvalue weighted by Gasteiger charge is -2.13. The summed E-state index contributed by atoms with van der Waals surface area (Å²) in [4.78, 5) is 12.7. The predicted molar refractivity (Wildman–Crippen MR) is 95.8 cm³/mol. The Hall–Kier alpha value is -3.35. The smallest absolute Gasteiger partial charge is 0.204 e. The van der Waals surface area contributed by atoms with Gasteiger partial charge in [-0.2, -0.15) is 0 Å². The van der Waals surface area contributed by atoms with E-state index in [0.717, 1.165) is 0 Å². The molecule has 1 aromatic heterocycles. The summed E-state index contributed by atoms with van der Waals surface area (Å²) in [6, 6.07) is 7.77. The van der Waals surface area contributed by atoms with Crippen LogP contribution < -0.4 is 24.4 Å². The summed E-state index contributed by atoms with van der Waals surface area (Å²) in [6.45, 7) is 0. The van der Waals surface area contributed by atoms with Crippen LogP contribution in [0.25, 0.3) is 22.3 Å². The predicted octanol–water partition coefficient (Wildman–Crippen LogP) is 3.20. The Bertz CT molecular complexity index is 1020. The number of methoxy groups -OCH3 is 4. The molecule has 0 fully saturated rings. The number of rotatable bonds is 5. The van der Waals surface area contributed by atoms with Gasteiger partial charge in [-0.15, -0.1) is 0 Å². The number of benzene rings is 2. The zero-order valence-corrected chi connectivity index (χ0v) is 14.8. The maximum absolute atomic E-state index is 12.7. The van der Waals surface area contributed by atoms with E-state index in [-0.39, 0.29) is 39.4 Å². The van der Waals surface area contributed by atoms with Crippen molar-refractivity contribution in [3.8, 4) is 40.1 Å². The largest absolute Gasteiger partial charge is 0.504 e. The molecule has 1 heterocycles. The molecular formula is C19H18O7. The van der Waals surface area contributed by atoms with Gasteiger partial charge < -0.3 is 28.5 Å². The van der Waals surface area contributed by atoms with Crippen LogP contribution in [-0.4, -0.2) is 33.5 Å². The first-order valence-corrected chi connectivity index (χ1v) is 7.68. The third-order valence-electron chi connectivity index (χ3n) is 4.00. The molecule has 0 radical (unpaired) electrons. The van der Waals surface area contributed by atoms with Crippen molar-refractivity contribution in [1.29, 1.82) is 0 Å². The molecule has 7 nitrogen and oxygen atoms in total. The maximum atomic E-state index is 12.7. The SMILES string of the molecule is COc1ccc(-c2cc(=O)c3c(OC)cc(O)c(OC)c3o2)c(OC)c1. The first kappa shape index (κ1) is 17.5.